The van der Waals surface area contributed by atoms with Gasteiger partial charge in [0, 0.05) is 0 Å². The van der Waals surface area contributed by atoms with Gasteiger partial charge in [-0.15, -0.1) is 0 Å². The minimum absolute atomic E-state index is 0.318. The first kappa shape index (κ1) is 7.70. The first-order chi connectivity index (χ1) is 4.02. The molecule has 1 aliphatic rings. The Morgan fingerprint density at radius 2 is 2.11 bits per heavy atom. The zero-order valence-corrected chi connectivity index (χ0v) is 7.72. The first-order valence-electron chi connectivity index (χ1n) is 2.42. The van der Waals surface area contributed by atoms with Crippen molar-refractivity contribution >= 4 is 30.1 Å². The van der Waals surface area contributed by atoms with Gasteiger partial charge in [-0.25, -0.2) is 0 Å². The number of sulfonamides is 1. The average Bonchev–Trinajstić information content (AvgIpc) is 1.57. The minimum atomic E-state index is -3.27. The van der Waals surface area contributed by atoms with Crippen molar-refractivity contribution in [3.63, 3.8) is 0 Å². The Balaban J connectivity index is 2.66. The van der Waals surface area contributed by atoms with Crippen LogP contribution < -0.4 is 9.09 Å². The van der Waals surface area contributed by atoms with E-state index in [9.17, 15) is 8.42 Å². The molecular weight excluding hydrogens is 255 g/mol. The van der Waals surface area contributed by atoms with Crippen LogP contribution in [0.15, 0.2) is 0 Å². The third-order valence-electron chi connectivity index (χ3n) is 1.22. The molecule has 1 heterocycles. The van der Waals surface area contributed by atoms with Crippen LogP contribution in [0.5, 0.6) is 0 Å². The normalized spacial score (nSPS) is 31.8. The van der Waals surface area contributed by atoms with Crippen molar-refractivity contribution in [1.82, 2.24) is 0 Å². The van der Waals surface area contributed by atoms with Gasteiger partial charge >= 0.3 is 61.7 Å². The molecule has 9 heavy (non-hydrogen) atoms. The van der Waals surface area contributed by atoms with E-state index in [2.05, 4.69) is 0 Å². The van der Waals surface area contributed by atoms with Crippen LogP contribution in [0.25, 0.3) is 0 Å². The Kier molecular flexibility index (Phi) is 1.99. The maximum atomic E-state index is 10.6. The molecule has 1 unspecified atom stereocenters. The monoisotopic (exact) mass is 264 g/mol. The molecule has 0 amide bonds. The summed E-state index contributed by atoms with van der Waals surface area (Å²) in [5.41, 5.74) is 0. The third kappa shape index (κ3) is 1.54. The molecule has 4 N–H and O–H groups in total. The van der Waals surface area contributed by atoms with E-state index in [0.29, 0.717) is 6.42 Å². The molecule has 0 saturated carbocycles. The summed E-state index contributed by atoms with van der Waals surface area (Å²) >= 11 is -1.58. The predicted molar refractivity (Wildman–Crippen MR) is 44.6 cm³/mol. The summed E-state index contributed by atoms with van der Waals surface area (Å²) in [6.07, 6.45) is 0.695. The van der Waals surface area contributed by atoms with Gasteiger partial charge in [0.25, 0.3) is 0 Å². The second-order valence-corrected chi connectivity index (χ2v) is 9.57. The molecule has 6 heteroatoms. The number of alkyl halides is 2. The summed E-state index contributed by atoms with van der Waals surface area (Å²) in [6.45, 7) is 0. The van der Waals surface area contributed by atoms with Crippen LogP contribution >= 0.6 is 20.1 Å². The van der Waals surface area contributed by atoms with Gasteiger partial charge in [-0.3, -0.25) is 0 Å². The quantitative estimate of drug-likeness (QED) is 0.376. The van der Waals surface area contributed by atoms with Crippen molar-refractivity contribution in [2.75, 3.05) is 4.43 Å². The molecule has 1 saturated heterocycles. The number of primary sulfonamides is 1. The van der Waals surface area contributed by atoms with E-state index in [1.165, 1.54) is 0 Å². The van der Waals surface area contributed by atoms with Crippen molar-refractivity contribution < 1.29 is 8.42 Å². The third-order valence-corrected chi connectivity index (χ3v) is 10.1. The van der Waals surface area contributed by atoms with E-state index in [1.807, 2.05) is 0 Å². The molecular formula is C3H9IN2O2S. The van der Waals surface area contributed by atoms with Crippen LogP contribution in [-0.2, 0) is 10.0 Å². The zero-order valence-electron chi connectivity index (χ0n) is 4.75. The van der Waals surface area contributed by atoms with Crippen LogP contribution in [0, 0.1) is 0 Å². The molecule has 0 aromatic heterocycles. The van der Waals surface area contributed by atoms with E-state index in [0.717, 1.165) is 4.43 Å². The van der Waals surface area contributed by atoms with Crippen molar-refractivity contribution in [2.45, 2.75) is 9.68 Å². The molecule has 1 fully saturated rings. The Morgan fingerprint density at radius 1 is 1.56 bits per heavy atom. The Bertz CT molecular complexity index is 202. The van der Waals surface area contributed by atoms with E-state index in [4.69, 9.17) is 9.09 Å². The molecule has 0 spiro atoms. The molecule has 0 aromatic carbocycles. The average molecular weight is 264 g/mol. The van der Waals surface area contributed by atoms with Gasteiger partial charge in [-0.05, 0) is 0 Å². The van der Waals surface area contributed by atoms with Gasteiger partial charge in [0.05, 0.1) is 0 Å². The van der Waals surface area contributed by atoms with Crippen LogP contribution in [0.3, 0.4) is 0 Å². The van der Waals surface area contributed by atoms with Crippen LogP contribution in [0.2, 0.25) is 0 Å². The molecule has 0 bridgehead atoms. The van der Waals surface area contributed by atoms with Gasteiger partial charge in [0.2, 0.25) is 0 Å². The number of hydrogen-bond donors (Lipinski definition) is 2. The SMILES string of the molecule is NI1CCC1S(N)(=O)=O. The summed E-state index contributed by atoms with van der Waals surface area (Å²) in [6, 6.07) is 0. The van der Waals surface area contributed by atoms with Gasteiger partial charge in [-0.2, -0.15) is 0 Å². The fourth-order valence-corrected chi connectivity index (χ4v) is 7.07. The molecule has 0 radical (unpaired) electrons. The van der Waals surface area contributed by atoms with Crippen molar-refractivity contribution in [3.8, 4) is 0 Å². The Hall–Kier alpha value is 0.600. The number of hydrogen-bond acceptors (Lipinski definition) is 3. The molecule has 1 rings (SSSR count). The van der Waals surface area contributed by atoms with Gasteiger partial charge in [0.1, 0.15) is 0 Å². The van der Waals surface area contributed by atoms with Crippen LogP contribution in [-0.4, -0.2) is 16.1 Å². The Labute approximate surface area is 61.8 Å². The maximum absolute atomic E-state index is 10.6. The molecule has 56 valence electrons. The second kappa shape index (κ2) is 2.33. The van der Waals surface area contributed by atoms with Gasteiger partial charge in [-0.1, -0.05) is 0 Å². The summed E-state index contributed by atoms with van der Waals surface area (Å²) in [4.78, 5) is 0. The molecule has 0 aliphatic carbocycles. The standard InChI is InChI=1S/C3H9IN2O2S/c5-4-2-1-3(4)9(6,7)8/h3H,1-2,5H2,(H2,6,7,8). The molecule has 4 nitrogen and oxygen atoms in total. The summed E-state index contributed by atoms with van der Waals surface area (Å²) < 4.78 is 27.2. The van der Waals surface area contributed by atoms with E-state index < -0.39 is 30.1 Å². The summed E-state index contributed by atoms with van der Waals surface area (Å²) in [5, 5.41) is 4.86. The number of halogens is 1. The Morgan fingerprint density at radius 3 is 2.11 bits per heavy atom. The molecule has 0 aromatic rings. The van der Waals surface area contributed by atoms with E-state index in [1.54, 1.807) is 0 Å². The van der Waals surface area contributed by atoms with E-state index in [-0.39, 0.29) is 3.26 Å². The van der Waals surface area contributed by atoms with Crippen molar-refractivity contribution in [3.05, 3.63) is 0 Å². The first-order valence-corrected chi connectivity index (χ1v) is 8.04. The van der Waals surface area contributed by atoms with Gasteiger partial charge < -0.3 is 0 Å². The van der Waals surface area contributed by atoms with Crippen molar-refractivity contribution in [2.24, 2.45) is 9.09 Å². The fraction of sp³-hybridized carbons (Fsp3) is 1.00. The van der Waals surface area contributed by atoms with Gasteiger partial charge in [0.15, 0.2) is 0 Å². The summed E-state index contributed by atoms with van der Waals surface area (Å²) in [5.74, 6) is 0. The molecule has 1 atom stereocenters. The zero-order chi connectivity index (χ0) is 7.07. The predicted octanol–water partition coefficient (Wildman–Crippen LogP) is -0.615. The number of rotatable bonds is 1. The van der Waals surface area contributed by atoms with Crippen molar-refractivity contribution in [1.29, 1.82) is 0 Å². The topological polar surface area (TPSA) is 86.2 Å². The number of nitrogens with two attached hydrogens (primary N) is 2. The van der Waals surface area contributed by atoms with E-state index >= 15 is 0 Å². The molecule has 1 aliphatic heterocycles. The van der Waals surface area contributed by atoms with Crippen LogP contribution in [0.1, 0.15) is 6.42 Å². The van der Waals surface area contributed by atoms with Crippen LogP contribution in [0.4, 0.5) is 0 Å². The summed E-state index contributed by atoms with van der Waals surface area (Å²) in [7, 11) is -3.27. The second-order valence-electron chi connectivity index (χ2n) is 1.91. The fourth-order valence-electron chi connectivity index (χ4n) is 0.648.